The highest BCUT2D eigenvalue weighted by Crippen LogP contribution is 2.39. The Morgan fingerprint density at radius 2 is 1.84 bits per heavy atom. The van der Waals surface area contributed by atoms with Crippen LogP contribution in [0.5, 0.6) is 0 Å². The second kappa shape index (κ2) is 9.78. The van der Waals surface area contributed by atoms with Crippen LogP contribution >= 0.6 is 0 Å². The summed E-state index contributed by atoms with van der Waals surface area (Å²) in [5.41, 5.74) is 4.39. The number of nitrogens with one attached hydrogen (secondary N) is 1. The van der Waals surface area contributed by atoms with Gasteiger partial charge in [-0.05, 0) is 67.0 Å². The number of piperidine rings is 1. The van der Waals surface area contributed by atoms with Gasteiger partial charge in [0.05, 0.1) is 12.2 Å². The van der Waals surface area contributed by atoms with Gasteiger partial charge in [0.15, 0.2) is 0 Å². The van der Waals surface area contributed by atoms with Crippen molar-refractivity contribution in [2.24, 2.45) is 0 Å². The predicted octanol–water partition coefficient (Wildman–Crippen LogP) is 3.28. The van der Waals surface area contributed by atoms with Crippen LogP contribution in [0.1, 0.15) is 76.9 Å². The van der Waals surface area contributed by atoms with Gasteiger partial charge >= 0.3 is 0 Å². The SMILES string of the molecule is COC1C[C@H]2CC[C@@H](C1)N2C(=O)c1ccc2c(c1)C(C)(C)CN(C[C@H](O)[C@@H]1Cc3ccccc3CN1)C2=O. The number of hydrogen-bond acceptors (Lipinski definition) is 5. The Bertz CT molecular complexity index is 1230. The van der Waals surface area contributed by atoms with Crippen LogP contribution in [0.15, 0.2) is 42.5 Å². The number of amides is 2. The van der Waals surface area contributed by atoms with Crippen LogP contribution in [0.2, 0.25) is 0 Å². The molecular weight excluding hydrogens is 478 g/mol. The number of ether oxygens (including phenoxy) is 1. The van der Waals surface area contributed by atoms with Crippen molar-refractivity contribution in [3.63, 3.8) is 0 Å². The van der Waals surface area contributed by atoms with Gasteiger partial charge < -0.3 is 25.0 Å². The topological polar surface area (TPSA) is 82.1 Å². The van der Waals surface area contributed by atoms with Crippen LogP contribution in [-0.4, -0.2) is 77.3 Å². The molecule has 6 rings (SSSR count). The van der Waals surface area contributed by atoms with E-state index in [2.05, 4.69) is 36.2 Å². The number of aliphatic hydroxyl groups excluding tert-OH is 1. The van der Waals surface area contributed by atoms with Crippen LogP contribution in [0, 0.1) is 0 Å². The van der Waals surface area contributed by atoms with Gasteiger partial charge in [-0.2, -0.15) is 0 Å². The van der Waals surface area contributed by atoms with Gasteiger partial charge in [-0.3, -0.25) is 9.59 Å². The van der Waals surface area contributed by atoms with Gasteiger partial charge in [0.25, 0.3) is 11.8 Å². The number of aliphatic hydroxyl groups is 1. The van der Waals surface area contributed by atoms with Crippen molar-refractivity contribution in [3.8, 4) is 0 Å². The number of nitrogens with zero attached hydrogens (tertiary/aromatic N) is 2. The van der Waals surface area contributed by atoms with Crippen LogP contribution in [0.3, 0.4) is 0 Å². The second-order valence-corrected chi connectivity index (χ2v) is 12.3. The maximum absolute atomic E-state index is 13.7. The molecule has 0 saturated carbocycles. The number of methoxy groups -OCH3 is 1. The number of β-amino-alcohol motifs (C(OH)–C–C–N with tert-alkyl or cyclic N) is 1. The predicted molar refractivity (Wildman–Crippen MR) is 145 cm³/mol. The van der Waals surface area contributed by atoms with Crippen LogP contribution < -0.4 is 5.32 Å². The summed E-state index contributed by atoms with van der Waals surface area (Å²) in [7, 11) is 1.76. The van der Waals surface area contributed by atoms with Gasteiger partial charge in [-0.15, -0.1) is 0 Å². The summed E-state index contributed by atoms with van der Waals surface area (Å²) in [6.45, 7) is 5.74. The van der Waals surface area contributed by atoms with E-state index in [1.54, 1.807) is 12.0 Å². The lowest BCUT2D eigenvalue weighted by atomic mass is 9.77. The second-order valence-electron chi connectivity index (χ2n) is 12.3. The first-order valence-corrected chi connectivity index (χ1v) is 14.0. The highest BCUT2D eigenvalue weighted by Gasteiger charge is 2.44. The molecule has 4 aliphatic heterocycles. The molecule has 2 aromatic carbocycles. The molecule has 0 aliphatic carbocycles. The molecule has 202 valence electrons. The van der Waals surface area contributed by atoms with Gasteiger partial charge in [0.2, 0.25) is 0 Å². The number of benzene rings is 2. The smallest absolute Gasteiger partial charge is 0.254 e. The molecule has 0 spiro atoms. The van der Waals surface area contributed by atoms with Crippen molar-refractivity contribution in [1.82, 2.24) is 15.1 Å². The molecule has 7 nitrogen and oxygen atoms in total. The highest BCUT2D eigenvalue weighted by atomic mass is 16.5. The number of carbonyl (C=O) groups excluding carboxylic acids is 2. The van der Waals surface area contributed by atoms with E-state index in [-0.39, 0.29) is 48.0 Å². The summed E-state index contributed by atoms with van der Waals surface area (Å²) in [6.07, 6.45) is 4.16. The van der Waals surface area contributed by atoms with E-state index >= 15 is 0 Å². The summed E-state index contributed by atoms with van der Waals surface area (Å²) in [6, 6.07) is 14.3. The van der Waals surface area contributed by atoms with E-state index in [9.17, 15) is 14.7 Å². The van der Waals surface area contributed by atoms with Crippen molar-refractivity contribution in [2.75, 3.05) is 20.2 Å². The molecule has 7 heteroatoms. The summed E-state index contributed by atoms with van der Waals surface area (Å²) < 4.78 is 5.61. The van der Waals surface area contributed by atoms with E-state index in [4.69, 9.17) is 4.74 Å². The Labute approximate surface area is 225 Å². The lowest BCUT2D eigenvalue weighted by Crippen LogP contribution is -2.54. The molecule has 2 aromatic rings. The van der Waals surface area contributed by atoms with Gasteiger partial charge in [-0.1, -0.05) is 38.1 Å². The van der Waals surface area contributed by atoms with Crippen LogP contribution in [-0.2, 0) is 23.1 Å². The van der Waals surface area contributed by atoms with Crippen molar-refractivity contribution in [2.45, 2.75) is 88.2 Å². The zero-order chi connectivity index (χ0) is 26.6. The number of hydrogen-bond donors (Lipinski definition) is 2. The van der Waals surface area contributed by atoms with E-state index in [1.165, 1.54) is 11.1 Å². The monoisotopic (exact) mass is 517 g/mol. The fourth-order valence-corrected chi connectivity index (χ4v) is 7.28. The molecule has 1 unspecified atom stereocenters. The van der Waals surface area contributed by atoms with Crippen molar-refractivity contribution < 1.29 is 19.4 Å². The number of rotatable bonds is 5. The average Bonchev–Trinajstić information content (AvgIpc) is 3.19. The molecule has 2 fully saturated rings. The maximum Gasteiger partial charge on any atom is 0.254 e. The Balaban J connectivity index is 1.18. The normalized spacial score (nSPS) is 28.6. The fraction of sp³-hybridized carbons (Fsp3) is 0.548. The maximum atomic E-state index is 13.7. The first kappa shape index (κ1) is 25.5. The molecule has 2 saturated heterocycles. The van der Waals surface area contributed by atoms with Crippen LogP contribution in [0.25, 0.3) is 0 Å². The minimum Gasteiger partial charge on any atom is -0.390 e. The average molecular weight is 518 g/mol. The summed E-state index contributed by atoms with van der Waals surface area (Å²) >= 11 is 0. The summed E-state index contributed by atoms with van der Waals surface area (Å²) in [5.74, 6) is -0.00540. The van der Waals surface area contributed by atoms with Crippen molar-refractivity contribution in [3.05, 3.63) is 70.3 Å². The molecule has 0 radical (unpaired) electrons. The Morgan fingerprint density at radius 1 is 1.13 bits per heavy atom. The Kier molecular flexibility index (Phi) is 6.57. The van der Waals surface area contributed by atoms with Crippen molar-refractivity contribution in [1.29, 1.82) is 0 Å². The third-order valence-corrected chi connectivity index (χ3v) is 9.34. The first-order chi connectivity index (χ1) is 18.2. The van der Waals surface area contributed by atoms with Gasteiger partial charge in [-0.25, -0.2) is 0 Å². The fourth-order valence-electron chi connectivity index (χ4n) is 7.28. The van der Waals surface area contributed by atoms with Gasteiger partial charge in [0.1, 0.15) is 0 Å². The zero-order valence-corrected chi connectivity index (χ0v) is 22.7. The molecule has 4 aliphatic rings. The van der Waals surface area contributed by atoms with Crippen LogP contribution in [0.4, 0.5) is 0 Å². The van der Waals surface area contributed by atoms with Gasteiger partial charge in [0, 0.05) is 61.4 Å². The molecule has 4 heterocycles. The molecule has 2 bridgehead atoms. The van der Waals surface area contributed by atoms with E-state index in [0.29, 0.717) is 17.7 Å². The molecule has 0 aromatic heterocycles. The number of fused-ring (bicyclic) bond motifs is 4. The first-order valence-electron chi connectivity index (χ1n) is 14.0. The molecule has 2 amide bonds. The van der Waals surface area contributed by atoms with E-state index in [1.807, 2.05) is 30.3 Å². The minimum absolute atomic E-state index is 0.0691. The van der Waals surface area contributed by atoms with Crippen molar-refractivity contribution >= 4 is 11.8 Å². The summed E-state index contributed by atoms with van der Waals surface area (Å²) in [4.78, 5) is 31.1. The number of carbonyl (C=O) groups is 2. The largest absolute Gasteiger partial charge is 0.390 e. The summed E-state index contributed by atoms with van der Waals surface area (Å²) in [5, 5.41) is 14.6. The Hall–Kier alpha value is -2.74. The van der Waals surface area contributed by atoms with E-state index < -0.39 is 6.10 Å². The molecule has 38 heavy (non-hydrogen) atoms. The molecular formula is C31H39N3O4. The third kappa shape index (κ3) is 4.44. The quantitative estimate of drug-likeness (QED) is 0.636. The Morgan fingerprint density at radius 3 is 2.55 bits per heavy atom. The lowest BCUT2D eigenvalue weighted by molar-refractivity contribution is 0.00819. The van der Waals surface area contributed by atoms with E-state index in [0.717, 1.165) is 44.2 Å². The minimum atomic E-state index is -0.670. The molecule has 5 atom stereocenters. The standard InChI is InChI=1S/C31H39N3O4/c1-31(2)18-33(17-28(35)27-13-19-6-4-5-7-21(19)16-32-27)30(37)25-11-8-20(12-26(25)31)29(36)34-22-9-10-23(34)15-24(14-22)38-3/h4-8,11-12,22-24,27-28,32,35H,9-10,13-18H2,1-3H3/t22-,23+,24?,27-,28-/m0/s1. The third-order valence-electron chi connectivity index (χ3n) is 9.34. The lowest BCUT2D eigenvalue weighted by Gasteiger charge is -2.42. The zero-order valence-electron chi connectivity index (χ0n) is 22.7. The molecule has 2 N–H and O–H groups in total. The highest BCUT2D eigenvalue weighted by molar-refractivity contribution is 6.00.